The molecule has 0 aromatic heterocycles. The first-order valence-electron chi connectivity index (χ1n) is 8.53. The van der Waals surface area contributed by atoms with Crippen molar-refractivity contribution in [3.05, 3.63) is 24.3 Å². The number of para-hydroxylation sites is 2. The fourth-order valence-electron chi connectivity index (χ4n) is 2.84. The Morgan fingerprint density at radius 2 is 1.71 bits per heavy atom. The number of aliphatic hydroxyl groups is 1. The number of hydrogen-bond acceptors (Lipinski definition) is 5. The van der Waals surface area contributed by atoms with E-state index in [1.807, 2.05) is 51.0 Å². The van der Waals surface area contributed by atoms with Crippen LogP contribution in [0.1, 0.15) is 13.8 Å². The summed E-state index contributed by atoms with van der Waals surface area (Å²) in [4.78, 5) is 6.71. The van der Waals surface area contributed by atoms with Gasteiger partial charge < -0.3 is 19.6 Å². The van der Waals surface area contributed by atoms with Gasteiger partial charge in [0, 0.05) is 57.8 Å². The minimum absolute atomic E-state index is 0. The molecule has 1 atom stereocenters. The monoisotopic (exact) mass is 374 g/mol. The van der Waals surface area contributed by atoms with E-state index in [0.29, 0.717) is 6.54 Å². The summed E-state index contributed by atoms with van der Waals surface area (Å²) in [6, 6.07) is 8.15. The summed E-state index contributed by atoms with van der Waals surface area (Å²) in [5, 5.41) is 10.0. The Morgan fingerprint density at radius 1 is 1.12 bits per heavy atom. The fraction of sp³-hybridized carbons (Fsp3) is 0.667. The molecule has 1 heterocycles. The largest absolute Gasteiger partial charge is 0.495 e. The van der Waals surface area contributed by atoms with Crippen LogP contribution >= 0.6 is 0 Å². The molecule has 1 saturated heterocycles. The van der Waals surface area contributed by atoms with E-state index in [2.05, 4.69) is 15.9 Å². The van der Waals surface area contributed by atoms with Gasteiger partial charge in [0.25, 0.3) is 0 Å². The van der Waals surface area contributed by atoms with Crippen molar-refractivity contribution in [3.63, 3.8) is 0 Å². The Kier molecular flexibility index (Phi) is 12.2. The van der Waals surface area contributed by atoms with Crippen molar-refractivity contribution < 1.29 is 28.4 Å². The standard InChI is InChI=1S/C16H27N3O2.C2H6.V/c1-17(2)12-14(20)13-18-8-10-19(11-9-18)15-6-4-5-7-16(15)21-3;1-2;/h4-7,14,20H,8-13H2,1-3H3;1-2H3;/t14-;;/m1../s1. The van der Waals surface area contributed by atoms with Crippen LogP contribution in [0.25, 0.3) is 0 Å². The van der Waals surface area contributed by atoms with E-state index < -0.39 is 0 Å². The SMILES string of the molecule is CC.COc1ccccc1N1CCN(C[C@H](O)CN(C)C)CC1.[V]. The van der Waals surface area contributed by atoms with Crippen LogP contribution in [-0.2, 0) is 18.6 Å². The maximum Gasteiger partial charge on any atom is 0.142 e. The van der Waals surface area contributed by atoms with Gasteiger partial charge in [-0.3, -0.25) is 4.90 Å². The van der Waals surface area contributed by atoms with E-state index in [1.54, 1.807) is 7.11 Å². The average Bonchev–Trinajstić information content (AvgIpc) is 2.56. The summed E-state index contributed by atoms with van der Waals surface area (Å²) in [6.45, 7) is 9.35. The Bertz CT molecular complexity index is 438. The summed E-state index contributed by atoms with van der Waals surface area (Å²) in [5.74, 6) is 0.929. The molecule has 0 unspecified atom stereocenters. The molecule has 0 aliphatic carbocycles. The number of β-amino-alcohol motifs (C(OH)–C–C–N with tert-alkyl or cyclic N) is 1. The molecule has 0 bridgehead atoms. The second-order valence-electron chi connectivity index (χ2n) is 5.88. The second-order valence-corrected chi connectivity index (χ2v) is 5.88. The maximum absolute atomic E-state index is 10.0. The van der Waals surface area contributed by atoms with Crippen LogP contribution in [0.2, 0.25) is 0 Å². The molecule has 5 nitrogen and oxygen atoms in total. The van der Waals surface area contributed by atoms with E-state index in [9.17, 15) is 5.11 Å². The van der Waals surface area contributed by atoms with Crippen molar-refractivity contribution in [1.29, 1.82) is 0 Å². The number of hydrogen-bond donors (Lipinski definition) is 1. The molecule has 1 fully saturated rings. The van der Waals surface area contributed by atoms with Crippen molar-refractivity contribution in [1.82, 2.24) is 9.80 Å². The molecule has 1 N–H and O–H groups in total. The minimum atomic E-state index is -0.280. The molecule has 1 aliphatic heterocycles. The molecular weight excluding hydrogens is 341 g/mol. The predicted octanol–water partition coefficient (Wildman–Crippen LogP) is 1.76. The Balaban J connectivity index is 0.00000170. The van der Waals surface area contributed by atoms with Crippen molar-refractivity contribution in [2.75, 3.05) is 65.4 Å². The first-order chi connectivity index (χ1) is 11.1. The van der Waals surface area contributed by atoms with E-state index in [-0.39, 0.29) is 24.7 Å². The van der Waals surface area contributed by atoms with Gasteiger partial charge in [0.15, 0.2) is 0 Å². The molecule has 0 spiro atoms. The van der Waals surface area contributed by atoms with Gasteiger partial charge in [-0.15, -0.1) is 0 Å². The zero-order valence-electron chi connectivity index (χ0n) is 15.8. The van der Waals surface area contributed by atoms with Crippen molar-refractivity contribution in [3.8, 4) is 5.75 Å². The molecule has 6 heteroatoms. The molecular formula is C18H33N3O2V. The van der Waals surface area contributed by atoms with Crippen LogP contribution in [0, 0.1) is 0 Å². The van der Waals surface area contributed by atoms with Gasteiger partial charge in [-0.25, -0.2) is 0 Å². The van der Waals surface area contributed by atoms with Gasteiger partial charge in [0.05, 0.1) is 18.9 Å². The zero-order chi connectivity index (χ0) is 17.2. The van der Waals surface area contributed by atoms with Crippen LogP contribution in [-0.4, -0.2) is 81.5 Å². The Hall–Kier alpha value is -0.716. The Morgan fingerprint density at radius 3 is 2.25 bits per heavy atom. The molecule has 1 aromatic carbocycles. The predicted molar refractivity (Wildman–Crippen MR) is 97.6 cm³/mol. The third-order valence-electron chi connectivity index (χ3n) is 3.84. The third-order valence-corrected chi connectivity index (χ3v) is 3.84. The average molecular weight is 374 g/mol. The molecule has 1 radical (unpaired) electrons. The van der Waals surface area contributed by atoms with Crippen molar-refractivity contribution >= 4 is 5.69 Å². The molecule has 0 saturated carbocycles. The number of methoxy groups -OCH3 is 1. The smallest absolute Gasteiger partial charge is 0.142 e. The fourth-order valence-corrected chi connectivity index (χ4v) is 2.84. The van der Waals surface area contributed by atoms with Gasteiger partial charge in [-0.2, -0.15) is 0 Å². The van der Waals surface area contributed by atoms with E-state index in [0.717, 1.165) is 44.2 Å². The number of benzene rings is 1. The number of anilines is 1. The summed E-state index contributed by atoms with van der Waals surface area (Å²) < 4.78 is 5.43. The number of nitrogens with zero attached hydrogens (tertiary/aromatic N) is 3. The van der Waals surface area contributed by atoms with Crippen LogP contribution in [0.4, 0.5) is 5.69 Å². The number of piperazine rings is 1. The quantitative estimate of drug-likeness (QED) is 0.822. The molecule has 24 heavy (non-hydrogen) atoms. The van der Waals surface area contributed by atoms with Gasteiger partial charge in [-0.1, -0.05) is 26.0 Å². The molecule has 137 valence electrons. The van der Waals surface area contributed by atoms with Gasteiger partial charge in [-0.05, 0) is 26.2 Å². The summed E-state index contributed by atoms with van der Waals surface area (Å²) in [7, 11) is 5.69. The number of ether oxygens (including phenoxy) is 1. The Labute approximate surface area is 159 Å². The van der Waals surface area contributed by atoms with E-state index >= 15 is 0 Å². The van der Waals surface area contributed by atoms with Gasteiger partial charge in [0.1, 0.15) is 5.75 Å². The first kappa shape index (κ1) is 23.3. The van der Waals surface area contributed by atoms with Gasteiger partial charge in [0.2, 0.25) is 0 Å². The van der Waals surface area contributed by atoms with Crippen LogP contribution < -0.4 is 9.64 Å². The van der Waals surface area contributed by atoms with E-state index in [1.165, 1.54) is 0 Å². The van der Waals surface area contributed by atoms with Crippen LogP contribution in [0.5, 0.6) is 5.75 Å². The summed E-state index contributed by atoms with van der Waals surface area (Å²) >= 11 is 0. The number of aliphatic hydroxyl groups excluding tert-OH is 1. The topological polar surface area (TPSA) is 39.2 Å². The summed E-state index contributed by atoms with van der Waals surface area (Å²) in [6.07, 6.45) is -0.280. The van der Waals surface area contributed by atoms with Gasteiger partial charge >= 0.3 is 0 Å². The molecule has 0 amide bonds. The molecule has 1 aliphatic rings. The minimum Gasteiger partial charge on any atom is -0.495 e. The zero-order valence-corrected chi connectivity index (χ0v) is 17.2. The maximum atomic E-state index is 10.0. The second kappa shape index (κ2) is 12.6. The first-order valence-corrected chi connectivity index (χ1v) is 8.53. The van der Waals surface area contributed by atoms with E-state index in [4.69, 9.17) is 4.74 Å². The third kappa shape index (κ3) is 7.45. The number of rotatable bonds is 6. The normalized spacial score (nSPS) is 16.0. The molecule has 1 aromatic rings. The van der Waals surface area contributed by atoms with Crippen LogP contribution in [0.15, 0.2) is 24.3 Å². The van der Waals surface area contributed by atoms with Crippen molar-refractivity contribution in [2.45, 2.75) is 20.0 Å². The van der Waals surface area contributed by atoms with Crippen molar-refractivity contribution in [2.24, 2.45) is 0 Å². The molecule has 2 rings (SSSR count). The summed E-state index contributed by atoms with van der Waals surface area (Å²) in [5.41, 5.74) is 1.16. The van der Waals surface area contributed by atoms with Crippen LogP contribution in [0.3, 0.4) is 0 Å². The number of likely N-dealkylation sites (N-methyl/N-ethyl adjacent to an activating group) is 1.